The fourth-order valence-electron chi connectivity index (χ4n) is 2.39. The van der Waals surface area contributed by atoms with Gasteiger partial charge in [-0.25, -0.2) is 0 Å². The van der Waals surface area contributed by atoms with Gasteiger partial charge in [0, 0.05) is 19.6 Å². The van der Waals surface area contributed by atoms with Crippen molar-refractivity contribution in [3.05, 3.63) is 15.9 Å². The lowest BCUT2D eigenvalue weighted by molar-refractivity contribution is -0.135. The quantitative estimate of drug-likeness (QED) is 0.912. The van der Waals surface area contributed by atoms with E-state index < -0.39 is 0 Å². The number of carbonyl (C=O) groups excluding carboxylic acids is 1. The number of nitrogens with one attached hydrogen (secondary N) is 1. The molecule has 106 valence electrons. The van der Waals surface area contributed by atoms with Gasteiger partial charge in [-0.05, 0) is 36.2 Å². The molecule has 2 heterocycles. The second kappa shape index (κ2) is 6.05. The summed E-state index contributed by atoms with van der Waals surface area (Å²) in [6.45, 7) is 9.14. The molecule has 1 amide bonds. The number of hydrogen-bond donors (Lipinski definition) is 1. The van der Waals surface area contributed by atoms with Gasteiger partial charge in [-0.3, -0.25) is 9.48 Å². The predicted molar refractivity (Wildman–Crippen MR) is 77.9 cm³/mol. The van der Waals surface area contributed by atoms with Gasteiger partial charge in [-0.1, -0.05) is 6.92 Å². The molecule has 0 aliphatic carbocycles. The van der Waals surface area contributed by atoms with E-state index in [1.165, 1.54) is 0 Å². The Kier molecular flexibility index (Phi) is 4.62. The average Bonchev–Trinajstić information content (AvgIpc) is 2.71. The number of nitrogens with zero attached hydrogens (tertiary/aromatic N) is 3. The maximum absolute atomic E-state index is 12.1. The molecule has 0 aromatic carbocycles. The summed E-state index contributed by atoms with van der Waals surface area (Å²) in [5, 5.41) is 7.75. The summed E-state index contributed by atoms with van der Waals surface area (Å²) in [6.07, 6.45) is 0.895. The van der Waals surface area contributed by atoms with Crippen molar-refractivity contribution in [1.29, 1.82) is 0 Å². The summed E-state index contributed by atoms with van der Waals surface area (Å²) >= 11 is 3.63. The summed E-state index contributed by atoms with van der Waals surface area (Å²) in [5.74, 6) is 0.167. The molecule has 1 N–H and O–H groups in total. The molecule has 1 unspecified atom stereocenters. The Hall–Kier alpha value is -0.880. The summed E-state index contributed by atoms with van der Waals surface area (Å²) in [7, 11) is 0. The highest BCUT2D eigenvalue weighted by Gasteiger charge is 2.26. The first-order chi connectivity index (χ1) is 9.08. The van der Waals surface area contributed by atoms with Gasteiger partial charge in [-0.2, -0.15) is 5.10 Å². The van der Waals surface area contributed by atoms with Crippen molar-refractivity contribution in [1.82, 2.24) is 20.0 Å². The first-order valence-corrected chi connectivity index (χ1v) is 7.64. The minimum atomic E-state index is -0.0869. The number of aryl methyl sites for hydroxylation is 2. The highest BCUT2D eigenvalue weighted by Crippen LogP contribution is 2.24. The van der Waals surface area contributed by atoms with Gasteiger partial charge in [0.25, 0.3) is 0 Å². The zero-order valence-electron chi connectivity index (χ0n) is 11.7. The van der Waals surface area contributed by atoms with Crippen molar-refractivity contribution >= 4 is 21.8 Å². The van der Waals surface area contributed by atoms with Crippen LogP contribution in [-0.4, -0.2) is 39.7 Å². The second-order valence-electron chi connectivity index (χ2n) is 4.81. The Morgan fingerprint density at radius 2 is 2.21 bits per heavy atom. The lowest BCUT2D eigenvalue weighted by Crippen LogP contribution is -2.53. The van der Waals surface area contributed by atoms with E-state index in [2.05, 4.69) is 40.2 Å². The van der Waals surface area contributed by atoms with Crippen LogP contribution in [0, 0.1) is 0 Å². The van der Waals surface area contributed by atoms with Gasteiger partial charge < -0.3 is 10.2 Å². The van der Waals surface area contributed by atoms with E-state index in [-0.39, 0.29) is 11.9 Å². The molecule has 0 bridgehead atoms. The van der Waals surface area contributed by atoms with E-state index in [1.54, 1.807) is 0 Å². The van der Waals surface area contributed by atoms with Crippen molar-refractivity contribution in [2.24, 2.45) is 0 Å². The maximum atomic E-state index is 12.1. The van der Waals surface area contributed by atoms with Gasteiger partial charge in [0.2, 0.25) is 5.91 Å². The van der Waals surface area contributed by atoms with E-state index in [4.69, 9.17) is 0 Å². The van der Waals surface area contributed by atoms with Crippen molar-refractivity contribution in [2.45, 2.75) is 46.3 Å². The number of hydrogen-bond acceptors (Lipinski definition) is 3. The second-order valence-corrected chi connectivity index (χ2v) is 5.61. The van der Waals surface area contributed by atoms with Gasteiger partial charge in [-0.15, -0.1) is 0 Å². The zero-order valence-corrected chi connectivity index (χ0v) is 13.3. The maximum Gasteiger partial charge on any atom is 0.239 e. The van der Waals surface area contributed by atoms with E-state index in [0.717, 1.165) is 41.9 Å². The fraction of sp³-hybridized carbons (Fsp3) is 0.692. The van der Waals surface area contributed by atoms with Crippen molar-refractivity contribution in [2.75, 3.05) is 13.1 Å². The number of halogens is 1. The Morgan fingerprint density at radius 3 is 2.84 bits per heavy atom. The number of carbonyl (C=O) groups is 1. The molecule has 6 heteroatoms. The topological polar surface area (TPSA) is 50.2 Å². The summed E-state index contributed by atoms with van der Waals surface area (Å²) in [6, 6.07) is -0.0869. The molecule has 1 aliphatic rings. The lowest BCUT2D eigenvalue weighted by Gasteiger charge is -2.31. The van der Waals surface area contributed by atoms with Gasteiger partial charge in [0.1, 0.15) is 0 Å². The third kappa shape index (κ3) is 2.84. The molecule has 0 spiro atoms. The normalized spacial score (nSPS) is 20.1. The van der Waals surface area contributed by atoms with Crippen LogP contribution in [-0.2, 0) is 24.3 Å². The molecule has 5 nitrogen and oxygen atoms in total. The molecular formula is C13H21BrN4O. The van der Waals surface area contributed by atoms with Crippen LogP contribution in [0.5, 0.6) is 0 Å². The standard InChI is InChI=1S/C13H21BrN4O/c1-4-10-12(14)11(18(5-2)16-10)8-17-7-6-15-9(3)13(17)19/h9,15H,4-8H2,1-3H3. The van der Waals surface area contributed by atoms with Crippen LogP contribution in [0.15, 0.2) is 4.47 Å². The van der Waals surface area contributed by atoms with E-state index in [1.807, 2.05) is 16.5 Å². The Morgan fingerprint density at radius 1 is 1.47 bits per heavy atom. The molecule has 2 rings (SSSR count). The number of piperazine rings is 1. The molecule has 1 saturated heterocycles. The van der Waals surface area contributed by atoms with E-state index >= 15 is 0 Å². The highest BCUT2D eigenvalue weighted by atomic mass is 79.9. The monoisotopic (exact) mass is 328 g/mol. The Labute approximate surface area is 122 Å². The zero-order chi connectivity index (χ0) is 14.0. The van der Waals surface area contributed by atoms with Crippen molar-refractivity contribution < 1.29 is 4.79 Å². The summed E-state index contributed by atoms with van der Waals surface area (Å²) in [4.78, 5) is 14.0. The van der Waals surface area contributed by atoms with Crippen LogP contribution in [0.25, 0.3) is 0 Å². The highest BCUT2D eigenvalue weighted by molar-refractivity contribution is 9.10. The molecule has 19 heavy (non-hydrogen) atoms. The van der Waals surface area contributed by atoms with Crippen molar-refractivity contribution in [3.8, 4) is 0 Å². The largest absolute Gasteiger partial charge is 0.334 e. The van der Waals surface area contributed by atoms with E-state index in [0.29, 0.717) is 6.54 Å². The first kappa shape index (κ1) is 14.5. The predicted octanol–water partition coefficient (Wildman–Crippen LogP) is 1.55. The molecular weight excluding hydrogens is 308 g/mol. The van der Waals surface area contributed by atoms with Crippen LogP contribution >= 0.6 is 15.9 Å². The minimum absolute atomic E-state index is 0.0869. The molecule has 0 saturated carbocycles. The van der Waals surface area contributed by atoms with Crippen LogP contribution in [0.2, 0.25) is 0 Å². The molecule has 1 atom stereocenters. The third-order valence-electron chi connectivity index (χ3n) is 3.55. The number of rotatable bonds is 4. The lowest BCUT2D eigenvalue weighted by atomic mass is 10.2. The number of amides is 1. The third-order valence-corrected chi connectivity index (χ3v) is 4.46. The molecule has 1 aromatic heterocycles. The smallest absolute Gasteiger partial charge is 0.239 e. The Balaban J connectivity index is 2.22. The SMILES string of the molecule is CCc1nn(CC)c(CN2CCNC(C)C2=O)c1Br. The number of aromatic nitrogens is 2. The first-order valence-electron chi connectivity index (χ1n) is 6.84. The molecule has 0 radical (unpaired) electrons. The fourth-order valence-corrected chi connectivity index (χ4v) is 3.08. The van der Waals surface area contributed by atoms with Crippen LogP contribution < -0.4 is 5.32 Å². The molecule has 1 fully saturated rings. The molecule has 1 aliphatic heterocycles. The average molecular weight is 329 g/mol. The van der Waals surface area contributed by atoms with E-state index in [9.17, 15) is 4.79 Å². The Bertz CT molecular complexity index is 471. The van der Waals surface area contributed by atoms with Gasteiger partial charge in [0.15, 0.2) is 0 Å². The van der Waals surface area contributed by atoms with Crippen LogP contribution in [0.4, 0.5) is 0 Å². The van der Waals surface area contributed by atoms with Gasteiger partial charge in [0.05, 0.1) is 28.4 Å². The van der Waals surface area contributed by atoms with Gasteiger partial charge >= 0.3 is 0 Å². The molecule has 1 aromatic rings. The summed E-state index contributed by atoms with van der Waals surface area (Å²) in [5.41, 5.74) is 2.16. The van der Waals surface area contributed by atoms with Crippen molar-refractivity contribution in [3.63, 3.8) is 0 Å². The van der Waals surface area contributed by atoms with Crippen LogP contribution in [0.3, 0.4) is 0 Å². The summed E-state index contributed by atoms with van der Waals surface area (Å²) < 4.78 is 3.04. The van der Waals surface area contributed by atoms with Crippen LogP contribution in [0.1, 0.15) is 32.2 Å². The minimum Gasteiger partial charge on any atom is -0.334 e.